The molecular formula is C20H16FNO3. The zero-order valence-corrected chi connectivity index (χ0v) is 13.6. The number of hydrogen-bond acceptors (Lipinski definition) is 3. The van der Waals surface area contributed by atoms with Crippen LogP contribution < -0.4 is 10.1 Å². The summed E-state index contributed by atoms with van der Waals surface area (Å²) in [6, 6.07) is 15.4. The minimum Gasteiger partial charge on any atom is -0.483 e. The molecule has 3 aromatic carbocycles. The molecule has 1 amide bonds. The second kappa shape index (κ2) is 7.13. The van der Waals surface area contributed by atoms with Crippen molar-refractivity contribution in [2.45, 2.75) is 6.92 Å². The summed E-state index contributed by atoms with van der Waals surface area (Å²) in [7, 11) is 0. The molecule has 25 heavy (non-hydrogen) atoms. The lowest BCUT2D eigenvalue weighted by atomic mass is 10.0. The van der Waals surface area contributed by atoms with Crippen LogP contribution in [0.5, 0.6) is 5.75 Å². The highest BCUT2D eigenvalue weighted by atomic mass is 19.1. The van der Waals surface area contributed by atoms with E-state index in [1.165, 1.54) is 6.07 Å². The van der Waals surface area contributed by atoms with Crippen molar-refractivity contribution in [1.82, 2.24) is 0 Å². The molecule has 3 aromatic rings. The molecule has 0 aliphatic carbocycles. The maximum absolute atomic E-state index is 13.5. The Balaban J connectivity index is 1.72. The van der Waals surface area contributed by atoms with Crippen molar-refractivity contribution in [3.63, 3.8) is 0 Å². The number of halogens is 1. The van der Waals surface area contributed by atoms with Crippen molar-refractivity contribution in [2.24, 2.45) is 0 Å². The Morgan fingerprint density at radius 1 is 1.16 bits per heavy atom. The fourth-order valence-electron chi connectivity index (χ4n) is 2.53. The zero-order valence-electron chi connectivity index (χ0n) is 13.6. The number of carbonyl (C=O) groups is 2. The predicted molar refractivity (Wildman–Crippen MR) is 94.6 cm³/mol. The third-order valence-corrected chi connectivity index (χ3v) is 3.86. The molecule has 0 aromatic heterocycles. The lowest BCUT2D eigenvalue weighted by molar-refractivity contribution is -0.118. The van der Waals surface area contributed by atoms with Crippen molar-refractivity contribution in [2.75, 3.05) is 11.9 Å². The molecule has 0 atom stereocenters. The third kappa shape index (κ3) is 3.66. The fraction of sp³-hybridized carbons (Fsp3) is 0.100. The Morgan fingerprint density at radius 3 is 2.72 bits per heavy atom. The summed E-state index contributed by atoms with van der Waals surface area (Å²) in [5, 5.41) is 4.24. The average molecular weight is 337 g/mol. The molecule has 4 nitrogen and oxygen atoms in total. The van der Waals surface area contributed by atoms with Gasteiger partial charge in [0, 0.05) is 5.69 Å². The number of rotatable bonds is 5. The van der Waals surface area contributed by atoms with Crippen LogP contribution in [-0.4, -0.2) is 18.8 Å². The molecule has 0 heterocycles. The minimum absolute atomic E-state index is 0.283. The quantitative estimate of drug-likeness (QED) is 0.713. The van der Waals surface area contributed by atoms with Gasteiger partial charge in [0.15, 0.2) is 12.9 Å². The van der Waals surface area contributed by atoms with Gasteiger partial charge in [-0.05, 0) is 41.5 Å². The summed E-state index contributed by atoms with van der Waals surface area (Å²) in [6.07, 6.45) is 0.713. The first-order chi connectivity index (χ1) is 12.1. The topological polar surface area (TPSA) is 55.4 Å². The molecule has 0 saturated carbocycles. The molecule has 0 aliphatic rings. The standard InChI is InChI=1S/C20H16FNO3/c1-13-6-8-15(10-18(13)21)22-20(24)12-25-19-9-7-14-4-2-3-5-16(14)17(19)11-23/h2-11H,12H2,1H3,(H,22,24). The third-order valence-electron chi connectivity index (χ3n) is 3.86. The van der Waals surface area contributed by atoms with Crippen LogP contribution in [-0.2, 0) is 4.79 Å². The number of fused-ring (bicyclic) bond motifs is 1. The van der Waals surface area contributed by atoms with Crippen molar-refractivity contribution in [3.8, 4) is 5.75 Å². The minimum atomic E-state index is -0.437. The second-order valence-corrected chi connectivity index (χ2v) is 5.62. The SMILES string of the molecule is Cc1ccc(NC(=O)COc2ccc3ccccc3c2C=O)cc1F. The maximum Gasteiger partial charge on any atom is 0.262 e. The number of aryl methyl sites for hydroxylation is 1. The van der Waals surface area contributed by atoms with Crippen molar-refractivity contribution >= 4 is 28.7 Å². The number of aldehydes is 1. The van der Waals surface area contributed by atoms with Gasteiger partial charge in [-0.15, -0.1) is 0 Å². The van der Waals surface area contributed by atoms with Gasteiger partial charge in [-0.2, -0.15) is 0 Å². The van der Waals surface area contributed by atoms with E-state index in [1.807, 2.05) is 30.3 Å². The molecular weight excluding hydrogens is 321 g/mol. The van der Waals surface area contributed by atoms with Gasteiger partial charge < -0.3 is 10.1 Å². The number of carbonyl (C=O) groups excluding carboxylic acids is 2. The van der Waals surface area contributed by atoms with Gasteiger partial charge in [-0.3, -0.25) is 9.59 Å². The molecule has 0 bridgehead atoms. The van der Waals surface area contributed by atoms with Crippen molar-refractivity contribution < 1.29 is 18.7 Å². The van der Waals surface area contributed by atoms with E-state index >= 15 is 0 Å². The molecule has 0 radical (unpaired) electrons. The highest BCUT2D eigenvalue weighted by molar-refractivity contribution is 6.01. The van der Waals surface area contributed by atoms with Gasteiger partial charge in [0.2, 0.25) is 0 Å². The van der Waals surface area contributed by atoms with E-state index in [-0.39, 0.29) is 6.61 Å². The summed E-state index contributed by atoms with van der Waals surface area (Å²) in [5.74, 6) is -0.497. The number of nitrogens with one attached hydrogen (secondary N) is 1. The normalized spacial score (nSPS) is 10.5. The van der Waals surface area contributed by atoms with E-state index in [9.17, 15) is 14.0 Å². The average Bonchev–Trinajstić information content (AvgIpc) is 2.62. The molecule has 0 aliphatic heterocycles. The van der Waals surface area contributed by atoms with Crippen LogP contribution in [0.25, 0.3) is 10.8 Å². The number of amides is 1. The summed E-state index contributed by atoms with van der Waals surface area (Å²) >= 11 is 0. The van der Waals surface area contributed by atoms with Gasteiger partial charge in [-0.25, -0.2) is 4.39 Å². The molecule has 126 valence electrons. The molecule has 5 heteroatoms. The van der Waals surface area contributed by atoms with Gasteiger partial charge in [0.1, 0.15) is 11.6 Å². The van der Waals surface area contributed by atoms with Crippen LogP contribution in [0.3, 0.4) is 0 Å². The highest BCUT2D eigenvalue weighted by Gasteiger charge is 2.11. The van der Waals surface area contributed by atoms with Gasteiger partial charge >= 0.3 is 0 Å². The first-order valence-corrected chi connectivity index (χ1v) is 7.74. The summed E-state index contributed by atoms with van der Waals surface area (Å²) in [4.78, 5) is 23.4. The highest BCUT2D eigenvalue weighted by Crippen LogP contribution is 2.26. The van der Waals surface area contributed by atoms with Gasteiger partial charge in [0.25, 0.3) is 5.91 Å². The Hall–Kier alpha value is -3.21. The van der Waals surface area contributed by atoms with E-state index in [2.05, 4.69) is 5.32 Å². The lowest BCUT2D eigenvalue weighted by Crippen LogP contribution is -2.20. The van der Waals surface area contributed by atoms with Crippen molar-refractivity contribution in [3.05, 3.63) is 71.5 Å². The molecule has 3 rings (SSSR count). The molecule has 0 saturated heterocycles. The number of benzene rings is 3. The lowest BCUT2D eigenvalue weighted by Gasteiger charge is -2.11. The number of anilines is 1. The second-order valence-electron chi connectivity index (χ2n) is 5.62. The maximum atomic E-state index is 13.5. The van der Waals surface area contributed by atoms with E-state index in [1.54, 1.807) is 25.1 Å². The predicted octanol–water partition coefficient (Wildman–Crippen LogP) is 4.12. The van der Waals surface area contributed by atoms with Crippen LogP contribution in [0.15, 0.2) is 54.6 Å². The Morgan fingerprint density at radius 2 is 1.96 bits per heavy atom. The van der Waals surface area contributed by atoms with Crippen LogP contribution in [0.2, 0.25) is 0 Å². The Kier molecular flexibility index (Phi) is 4.75. The first kappa shape index (κ1) is 16.6. The zero-order chi connectivity index (χ0) is 17.8. The molecule has 0 unspecified atom stereocenters. The van der Waals surface area contributed by atoms with Crippen LogP contribution in [0, 0.1) is 12.7 Å². The Bertz CT molecular complexity index is 953. The van der Waals surface area contributed by atoms with Crippen molar-refractivity contribution in [1.29, 1.82) is 0 Å². The number of hydrogen-bond donors (Lipinski definition) is 1. The fourth-order valence-corrected chi connectivity index (χ4v) is 2.53. The summed E-state index contributed by atoms with van der Waals surface area (Å²) < 4.78 is 19.0. The summed E-state index contributed by atoms with van der Waals surface area (Å²) in [5.41, 5.74) is 1.25. The molecule has 0 fully saturated rings. The van der Waals surface area contributed by atoms with Crippen LogP contribution >= 0.6 is 0 Å². The van der Waals surface area contributed by atoms with Gasteiger partial charge in [0.05, 0.1) is 5.56 Å². The van der Waals surface area contributed by atoms with Crippen LogP contribution in [0.4, 0.5) is 10.1 Å². The number of ether oxygens (including phenoxy) is 1. The monoisotopic (exact) mass is 337 g/mol. The van der Waals surface area contributed by atoms with E-state index in [4.69, 9.17) is 4.74 Å². The first-order valence-electron chi connectivity index (χ1n) is 7.74. The van der Waals surface area contributed by atoms with Crippen LogP contribution in [0.1, 0.15) is 15.9 Å². The van der Waals surface area contributed by atoms with E-state index < -0.39 is 11.7 Å². The van der Waals surface area contributed by atoms with Gasteiger partial charge in [-0.1, -0.05) is 36.4 Å². The summed E-state index contributed by atoms with van der Waals surface area (Å²) in [6.45, 7) is 1.36. The Labute approximate surface area is 144 Å². The molecule has 1 N–H and O–H groups in total. The molecule has 0 spiro atoms. The van der Waals surface area contributed by atoms with E-state index in [0.29, 0.717) is 28.8 Å². The smallest absolute Gasteiger partial charge is 0.262 e. The largest absolute Gasteiger partial charge is 0.483 e. The van der Waals surface area contributed by atoms with E-state index in [0.717, 1.165) is 10.8 Å².